The number of benzene rings is 1. The van der Waals surface area contributed by atoms with Gasteiger partial charge in [0, 0.05) is 17.5 Å². The molecule has 1 aromatic rings. The van der Waals surface area contributed by atoms with Gasteiger partial charge in [0.2, 0.25) is 0 Å². The molecule has 1 heterocycles. The second-order valence-corrected chi connectivity index (χ2v) is 11.5. The van der Waals surface area contributed by atoms with Crippen LogP contribution in [0.25, 0.3) is 0 Å². The summed E-state index contributed by atoms with van der Waals surface area (Å²) in [6.45, 7) is 12.2. The van der Waals surface area contributed by atoms with Crippen LogP contribution in [0.15, 0.2) is 18.2 Å². The highest BCUT2D eigenvalue weighted by molar-refractivity contribution is 5.69. The molecule has 0 aliphatic carbocycles. The molecular formula is C27H44F2N2O6. The monoisotopic (exact) mass is 530 g/mol. The Hall–Kier alpha value is -2.01. The van der Waals surface area contributed by atoms with Gasteiger partial charge in [-0.1, -0.05) is 20.8 Å². The van der Waals surface area contributed by atoms with Gasteiger partial charge in [-0.25, -0.2) is 9.18 Å². The number of aliphatic hydroxyl groups is 1. The molecule has 0 bridgehead atoms. The molecule has 1 aromatic carbocycles. The van der Waals surface area contributed by atoms with Crippen molar-refractivity contribution in [1.82, 2.24) is 4.90 Å². The molecule has 8 nitrogen and oxygen atoms in total. The fourth-order valence-corrected chi connectivity index (χ4v) is 3.98. The summed E-state index contributed by atoms with van der Waals surface area (Å²) in [5, 5.41) is 11.2. The van der Waals surface area contributed by atoms with Gasteiger partial charge < -0.3 is 29.8 Å². The van der Waals surface area contributed by atoms with Gasteiger partial charge in [-0.05, 0) is 58.2 Å². The Bertz CT molecular complexity index is 879. The van der Waals surface area contributed by atoms with Crippen molar-refractivity contribution in [3.63, 3.8) is 0 Å². The number of carbonyl (C=O) groups excluding carboxylic acids is 1. The van der Waals surface area contributed by atoms with Crippen molar-refractivity contribution in [2.75, 3.05) is 26.5 Å². The molecule has 1 aliphatic rings. The van der Waals surface area contributed by atoms with Crippen LogP contribution in [0.2, 0.25) is 0 Å². The lowest BCUT2D eigenvalue weighted by Gasteiger charge is -2.47. The molecule has 212 valence electrons. The minimum Gasteiger partial charge on any atom is -0.493 e. The van der Waals surface area contributed by atoms with E-state index < -0.39 is 60.1 Å². The molecular weight excluding hydrogens is 486 g/mol. The quantitative estimate of drug-likeness (QED) is 0.442. The maximum absolute atomic E-state index is 14.2. The van der Waals surface area contributed by atoms with E-state index in [0.29, 0.717) is 17.9 Å². The van der Waals surface area contributed by atoms with E-state index in [1.54, 1.807) is 47.6 Å². The van der Waals surface area contributed by atoms with Crippen LogP contribution < -0.4 is 10.5 Å². The number of hydrogen-bond donors (Lipinski definition) is 2. The molecule has 5 atom stereocenters. The first-order chi connectivity index (χ1) is 17.2. The van der Waals surface area contributed by atoms with Crippen LogP contribution in [0.3, 0.4) is 0 Å². The summed E-state index contributed by atoms with van der Waals surface area (Å²) < 4.78 is 50.3. The van der Waals surface area contributed by atoms with Crippen LogP contribution in [0.4, 0.5) is 13.6 Å². The predicted molar refractivity (Wildman–Crippen MR) is 137 cm³/mol. The normalized spacial score (nSPS) is 22.5. The Morgan fingerprint density at radius 2 is 1.95 bits per heavy atom. The molecule has 37 heavy (non-hydrogen) atoms. The fraction of sp³-hybridized carbons (Fsp3) is 0.741. The predicted octanol–water partition coefficient (Wildman–Crippen LogP) is 4.21. The third-order valence-electron chi connectivity index (χ3n) is 5.93. The standard InChI is InChI=1S/C27H44F2N2O6/c1-8-9-34-20-11-18(10-19(29)13-20)12-21(30)23(32)22-14-35-24(36-16-27(6,7)15-28)17(2)31(22)25(33)37-26(3,4)5/h10-11,13,17,21-24,32H,8-9,12,14-16,30H2,1-7H3. The van der Waals surface area contributed by atoms with Crippen molar-refractivity contribution in [2.24, 2.45) is 11.1 Å². The first-order valence-electron chi connectivity index (χ1n) is 12.8. The number of carbonyl (C=O) groups is 1. The van der Waals surface area contributed by atoms with Crippen LogP contribution in [0.5, 0.6) is 5.75 Å². The summed E-state index contributed by atoms with van der Waals surface area (Å²) >= 11 is 0. The highest BCUT2D eigenvalue weighted by Gasteiger charge is 2.45. The van der Waals surface area contributed by atoms with E-state index in [9.17, 15) is 18.7 Å². The van der Waals surface area contributed by atoms with Crippen molar-refractivity contribution in [3.8, 4) is 5.75 Å². The van der Waals surface area contributed by atoms with Crippen LogP contribution in [0.1, 0.15) is 60.5 Å². The van der Waals surface area contributed by atoms with Crippen molar-refractivity contribution in [1.29, 1.82) is 0 Å². The number of rotatable bonds is 11. The number of nitrogens with two attached hydrogens (primary N) is 1. The van der Waals surface area contributed by atoms with E-state index in [-0.39, 0.29) is 19.6 Å². The smallest absolute Gasteiger partial charge is 0.411 e. The first kappa shape index (κ1) is 31.2. The lowest BCUT2D eigenvalue weighted by molar-refractivity contribution is -0.234. The summed E-state index contributed by atoms with van der Waals surface area (Å²) in [4.78, 5) is 14.6. The second-order valence-electron chi connectivity index (χ2n) is 11.5. The molecule has 1 amide bonds. The van der Waals surface area contributed by atoms with E-state index in [4.69, 9.17) is 24.7 Å². The molecule has 0 saturated carbocycles. The topological polar surface area (TPSA) is 103 Å². The summed E-state index contributed by atoms with van der Waals surface area (Å²) in [5.41, 5.74) is 5.42. The third-order valence-corrected chi connectivity index (χ3v) is 5.93. The molecule has 1 aliphatic heterocycles. The number of morpholine rings is 1. The Labute approximate surface area is 219 Å². The Morgan fingerprint density at radius 3 is 2.54 bits per heavy atom. The minimum atomic E-state index is -1.22. The van der Waals surface area contributed by atoms with Crippen LogP contribution in [-0.4, -0.2) is 78.7 Å². The van der Waals surface area contributed by atoms with Gasteiger partial charge >= 0.3 is 6.09 Å². The number of nitrogens with zero attached hydrogens (tertiary/aromatic N) is 1. The molecule has 0 radical (unpaired) electrons. The highest BCUT2D eigenvalue weighted by Crippen LogP contribution is 2.28. The van der Waals surface area contributed by atoms with E-state index in [0.717, 1.165) is 6.42 Å². The zero-order valence-electron chi connectivity index (χ0n) is 23.1. The maximum atomic E-state index is 14.2. The molecule has 10 heteroatoms. The number of aliphatic hydroxyl groups excluding tert-OH is 1. The number of alkyl halides is 1. The van der Waals surface area contributed by atoms with Crippen molar-refractivity contribution in [3.05, 3.63) is 29.6 Å². The molecule has 3 N–H and O–H groups in total. The second kappa shape index (κ2) is 13.2. The summed E-state index contributed by atoms with van der Waals surface area (Å²) in [7, 11) is 0. The molecule has 1 saturated heterocycles. The number of hydrogen-bond acceptors (Lipinski definition) is 7. The third kappa shape index (κ3) is 9.35. The summed E-state index contributed by atoms with van der Waals surface area (Å²) in [5.74, 6) is -0.0776. The molecule has 0 spiro atoms. The summed E-state index contributed by atoms with van der Waals surface area (Å²) in [6.07, 6.45) is -1.81. The van der Waals surface area contributed by atoms with Crippen LogP contribution in [-0.2, 0) is 20.6 Å². The molecule has 1 fully saturated rings. The van der Waals surface area contributed by atoms with Gasteiger partial charge in [0.15, 0.2) is 6.29 Å². The van der Waals surface area contributed by atoms with Gasteiger partial charge in [0.05, 0.1) is 44.7 Å². The Kier molecular flexibility index (Phi) is 11.1. The van der Waals surface area contributed by atoms with Crippen LogP contribution in [0, 0.1) is 11.2 Å². The zero-order valence-corrected chi connectivity index (χ0v) is 23.1. The van der Waals surface area contributed by atoms with E-state index in [2.05, 4.69) is 0 Å². The highest BCUT2D eigenvalue weighted by atomic mass is 19.1. The van der Waals surface area contributed by atoms with Gasteiger partial charge in [0.25, 0.3) is 0 Å². The van der Waals surface area contributed by atoms with Crippen molar-refractivity contribution in [2.45, 2.75) is 97.4 Å². The largest absolute Gasteiger partial charge is 0.493 e. The van der Waals surface area contributed by atoms with Gasteiger partial charge in [-0.15, -0.1) is 0 Å². The Morgan fingerprint density at radius 1 is 1.27 bits per heavy atom. The SMILES string of the molecule is CCCOc1cc(F)cc(CC(N)C(O)C2COC(OCC(C)(C)CF)C(C)N2C(=O)OC(C)(C)C)c1. The number of halogens is 2. The Balaban J connectivity index is 2.22. The average Bonchev–Trinajstić information content (AvgIpc) is 2.79. The van der Waals surface area contributed by atoms with Gasteiger partial charge in [-0.3, -0.25) is 9.29 Å². The molecule has 0 aromatic heterocycles. The summed E-state index contributed by atoms with van der Waals surface area (Å²) in [6, 6.07) is 1.97. The van der Waals surface area contributed by atoms with Gasteiger partial charge in [-0.2, -0.15) is 0 Å². The minimum absolute atomic E-state index is 0.0762. The molecule has 2 rings (SSSR count). The number of ether oxygens (including phenoxy) is 4. The fourth-order valence-electron chi connectivity index (χ4n) is 3.98. The lowest BCUT2D eigenvalue weighted by Crippen LogP contribution is -2.65. The van der Waals surface area contributed by atoms with Crippen LogP contribution >= 0.6 is 0 Å². The van der Waals surface area contributed by atoms with E-state index in [1.165, 1.54) is 17.0 Å². The molecule has 5 unspecified atom stereocenters. The van der Waals surface area contributed by atoms with Gasteiger partial charge in [0.1, 0.15) is 17.2 Å². The lowest BCUT2D eigenvalue weighted by atomic mass is 9.94. The number of amides is 1. The van der Waals surface area contributed by atoms with Crippen molar-refractivity contribution >= 4 is 6.09 Å². The zero-order chi connectivity index (χ0) is 28.0. The first-order valence-corrected chi connectivity index (χ1v) is 12.8. The average molecular weight is 531 g/mol. The van der Waals surface area contributed by atoms with E-state index in [1.807, 2.05) is 6.92 Å². The van der Waals surface area contributed by atoms with E-state index >= 15 is 0 Å². The van der Waals surface area contributed by atoms with Crippen molar-refractivity contribution < 1.29 is 37.6 Å². The maximum Gasteiger partial charge on any atom is 0.411 e.